The van der Waals surface area contributed by atoms with Crippen LogP contribution in [0.2, 0.25) is 0 Å². The second kappa shape index (κ2) is 14.7. The summed E-state index contributed by atoms with van der Waals surface area (Å²) < 4.78 is 0. The van der Waals surface area contributed by atoms with Crippen LogP contribution >= 0.6 is 0 Å². The Balaban J connectivity index is 1.66. The largest absolute Gasteiger partial charge is 0.349 e. The van der Waals surface area contributed by atoms with Crippen LogP contribution in [0.3, 0.4) is 0 Å². The van der Waals surface area contributed by atoms with E-state index in [0.29, 0.717) is 17.2 Å². The molecule has 5 nitrogen and oxygen atoms in total. The fourth-order valence-electron chi connectivity index (χ4n) is 4.99. The SMILES string of the molecule is CCCN(CCC)C(=O)c1cccc(C(=O)N[C@H](CCNC2CCCCC2)Cc2ccccc2)c1. The molecule has 2 amide bonds. The first-order chi connectivity index (χ1) is 17.1. The zero-order valence-electron chi connectivity index (χ0n) is 21.6. The summed E-state index contributed by atoms with van der Waals surface area (Å²) in [5.74, 6) is -0.114. The van der Waals surface area contributed by atoms with Crippen LogP contribution < -0.4 is 10.6 Å². The number of benzene rings is 2. The Bertz CT molecular complexity index is 903. The Morgan fingerprint density at radius 3 is 2.29 bits per heavy atom. The molecule has 0 unspecified atom stereocenters. The summed E-state index contributed by atoms with van der Waals surface area (Å²) >= 11 is 0. The summed E-state index contributed by atoms with van der Waals surface area (Å²) in [6, 6.07) is 18.1. The van der Waals surface area contributed by atoms with E-state index in [9.17, 15) is 9.59 Å². The summed E-state index contributed by atoms with van der Waals surface area (Å²) in [7, 11) is 0. The van der Waals surface area contributed by atoms with Gasteiger partial charge in [0.2, 0.25) is 0 Å². The minimum absolute atomic E-state index is 0.000803. The predicted octanol–water partition coefficient (Wildman–Crippen LogP) is 5.60. The molecule has 0 spiro atoms. The van der Waals surface area contributed by atoms with Crippen LogP contribution in [0.5, 0.6) is 0 Å². The number of rotatable bonds is 13. The van der Waals surface area contributed by atoms with Crippen molar-refractivity contribution in [3.8, 4) is 0 Å². The fraction of sp³-hybridized carbons (Fsp3) is 0.533. The Morgan fingerprint density at radius 2 is 1.60 bits per heavy atom. The van der Waals surface area contributed by atoms with Crippen molar-refractivity contribution in [1.29, 1.82) is 0 Å². The molecule has 35 heavy (non-hydrogen) atoms. The summed E-state index contributed by atoms with van der Waals surface area (Å²) in [6.07, 6.45) is 9.98. The molecular weight excluding hydrogens is 434 g/mol. The van der Waals surface area contributed by atoms with Gasteiger partial charge in [0.15, 0.2) is 0 Å². The monoisotopic (exact) mass is 477 g/mol. The maximum Gasteiger partial charge on any atom is 0.253 e. The maximum absolute atomic E-state index is 13.2. The predicted molar refractivity (Wildman–Crippen MR) is 144 cm³/mol. The zero-order valence-corrected chi connectivity index (χ0v) is 21.6. The third-order valence-corrected chi connectivity index (χ3v) is 6.84. The molecule has 1 aliphatic rings. The van der Waals surface area contributed by atoms with Crippen LogP contribution in [0.1, 0.15) is 91.5 Å². The van der Waals surface area contributed by atoms with Crippen molar-refractivity contribution in [1.82, 2.24) is 15.5 Å². The van der Waals surface area contributed by atoms with E-state index in [-0.39, 0.29) is 17.9 Å². The van der Waals surface area contributed by atoms with Gasteiger partial charge in [-0.15, -0.1) is 0 Å². The number of carbonyl (C=O) groups excluding carboxylic acids is 2. The molecule has 0 aliphatic heterocycles. The van der Waals surface area contributed by atoms with Gasteiger partial charge in [-0.25, -0.2) is 0 Å². The summed E-state index contributed by atoms with van der Waals surface area (Å²) in [5.41, 5.74) is 2.34. The number of hydrogen-bond acceptors (Lipinski definition) is 3. The lowest BCUT2D eigenvalue weighted by molar-refractivity contribution is 0.0755. The number of nitrogens with one attached hydrogen (secondary N) is 2. The van der Waals surface area contributed by atoms with Gasteiger partial charge in [-0.05, 0) is 68.8 Å². The van der Waals surface area contributed by atoms with Crippen molar-refractivity contribution in [2.75, 3.05) is 19.6 Å². The van der Waals surface area contributed by atoms with Crippen LogP contribution in [0.4, 0.5) is 0 Å². The van der Waals surface area contributed by atoms with Crippen molar-refractivity contribution in [2.24, 2.45) is 0 Å². The number of nitrogens with zero attached hydrogens (tertiary/aromatic N) is 1. The van der Waals surface area contributed by atoms with Crippen molar-refractivity contribution in [3.05, 3.63) is 71.3 Å². The van der Waals surface area contributed by atoms with Gasteiger partial charge in [0, 0.05) is 36.3 Å². The second-order valence-electron chi connectivity index (χ2n) is 9.81. The third-order valence-electron chi connectivity index (χ3n) is 6.84. The molecular formula is C30H43N3O2. The highest BCUT2D eigenvalue weighted by molar-refractivity contribution is 5.99. The number of carbonyl (C=O) groups is 2. The molecule has 0 bridgehead atoms. The third kappa shape index (κ3) is 8.81. The lowest BCUT2D eigenvalue weighted by Crippen LogP contribution is -2.40. The molecule has 2 aromatic carbocycles. The molecule has 3 rings (SSSR count). The quantitative estimate of drug-likeness (QED) is 0.395. The van der Waals surface area contributed by atoms with Crippen LogP contribution in [-0.2, 0) is 6.42 Å². The van der Waals surface area contributed by atoms with Crippen LogP contribution in [0, 0.1) is 0 Å². The minimum atomic E-state index is -0.115. The van der Waals surface area contributed by atoms with Crippen LogP contribution in [0.25, 0.3) is 0 Å². The first-order valence-corrected chi connectivity index (χ1v) is 13.6. The molecule has 0 heterocycles. The molecule has 0 saturated heterocycles. The summed E-state index contributed by atoms with van der Waals surface area (Å²) in [6.45, 7) is 6.52. The molecule has 1 fully saturated rings. The highest BCUT2D eigenvalue weighted by Crippen LogP contribution is 2.17. The average Bonchev–Trinajstić information content (AvgIpc) is 2.89. The molecule has 2 N–H and O–H groups in total. The van der Waals surface area contributed by atoms with Crippen LogP contribution in [-0.4, -0.2) is 48.4 Å². The van der Waals surface area contributed by atoms with Gasteiger partial charge < -0.3 is 15.5 Å². The molecule has 2 aromatic rings. The van der Waals surface area contributed by atoms with E-state index >= 15 is 0 Å². The van der Waals surface area contributed by atoms with E-state index in [0.717, 1.165) is 45.3 Å². The first kappa shape index (κ1) is 26.9. The molecule has 5 heteroatoms. The molecule has 1 aliphatic carbocycles. The number of amides is 2. The van der Waals surface area contributed by atoms with E-state index in [2.05, 4.69) is 36.6 Å². The zero-order chi connectivity index (χ0) is 24.9. The van der Waals surface area contributed by atoms with Gasteiger partial charge in [-0.3, -0.25) is 9.59 Å². The normalized spacial score (nSPS) is 14.9. The fourth-order valence-corrected chi connectivity index (χ4v) is 4.99. The first-order valence-electron chi connectivity index (χ1n) is 13.6. The standard InChI is InChI=1S/C30H43N3O2/c1-3-20-33(21-4-2)30(35)26-15-11-14-25(23-26)29(34)32-28(22-24-12-7-5-8-13-24)18-19-31-27-16-9-6-10-17-27/h5,7-8,11-15,23,27-28,31H,3-4,6,9-10,16-22H2,1-2H3,(H,32,34)/t28-/m1/s1. The van der Waals surface area contributed by atoms with E-state index in [1.54, 1.807) is 12.1 Å². The Kier molecular flexibility index (Phi) is 11.3. The van der Waals surface area contributed by atoms with Gasteiger partial charge in [0.05, 0.1) is 0 Å². The lowest BCUT2D eigenvalue weighted by Gasteiger charge is -2.25. The maximum atomic E-state index is 13.2. The lowest BCUT2D eigenvalue weighted by atomic mass is 9.95. The van der Waals surface area contributed by atoms with Gasteiger partial charge in [0.25, 0.3) is 11.8 Å². The molecule has 0 aromatic heterocycles. The average molecular weight is 478 g/mol. The second-order valence-corrected chi connectivity index (χ2v) is 9.81. The van der Waals surface area contributed by atoms with Gasteiger partial charge in [-0.2, -0.15) is 0 Å². The molecule has 1 atom stereocenters. The van der Waals surface area contributed by atoms with E-state index in [1.165, 1.54) is 37.7 Å². The highest BCUT2D eigenvalue weighted by Gasteiger charge is 2.19. The Labute approximate surface area is 211 Å². The van der Waals surface area contributed by atoms with E-state index in [1.807, 2.05) is 35.2 Å². The van der Waals surface area contributed by atoms with Crippen molar-refractivity contribution in [2.45, 2.75) is 83.7 Å². The summed E-state index contributed by atoms with van der Waals surface area (Å²) in [5, 5.41) is 6.97. The molecule has 0 radical (unpaired) electrons. The topological polar surface area (TPSA) is 61.4 Å². The molecule has 1 saturated carbocycles. The Hall–Kier alpha value is -2.66. The Morgan fingerprint density at radius 1 is 0.914 bits per heavy atom. The van der Waals surface area contributed by atoms with E-state index < -0.39 is 0 Å². The van der Waals surface area contributed by atoms with Gasteiger partial charge in [0.1, 0.15) is 0 Å². The van der Waals surface area contributed by atoms with E-state index in [4.69, 9.17) is 0 Å². The van der Waals surface area contributed by atoms with Crippen LogP contribution in [0.15, 0.2) is 54.6 Å². The number of hydrogen-bond donors (Lipinski definition) is 2. The van der Waals surface area contributed by atoms with Crippen molar-refractivity contribution < 1.29 is 9.59 Å². The van der Waals surface area contributed by atoms with Gasteiger partial charge in [-0.1, -0.05) is 69.5 Å². The highest BCUT2D eigenvalue weighted by atomic mass is 16.2. The smallest absolute Gasteiger partial charge is 0.253 e. The van der Waals surface area contributed by atoms with Gasteiger partial charge >= 0.3 is 0 Å². The molecule has 190 valence electrons. The summed E-state index contributed by atoms with van der Waals surface area (Å²) in [4.78, 5) is 28.2. The minimum Gasteiger partial charge on any atom is -0.349 e. The van der Waals surface area contributed by atoms with Crippen molar-refractivity contribution >= 4 is 11.8 Å². The van der Waals surface area contributed by atoms with Crippen molar-refractivity contribution in [3.63, 3.8) is 0 Å².